The molecule has 0 unspecified atom stereocenters. The second-order valence-electron chi connectivity index (χ2n) is 5.27. The lowest BCUT2D eigenvalue weighted by atomic mass is 9.86. The first kappa shape index (κ1) is 14.0. The van der Waals surface area contributed by atoms with E-state index in [4.69, 9.17) is 9.57 Å². The van der Waals surface area contributed by atoms with Crippen LogP contribution in [0.2, 0.25) is 0 Å². The van der Waals surface area contributed by atoms with E-state index in [1.807, 2.05) is 10.7 Å². The van der Waals surface area contributed by atoms with Crippen molar-refractivity contribution in [2.45, 2.75) is 26.2 Å². The van der Waals surface area contributed by atoms with Crippen molar-refractivity contribution in [2.75, 3.05) is 20.4 Å². The van der Waals surface area contributed by atoms with Gasteiger partial charge < -0.3 is 4.74 Å². The molecule has 0 aliphatic heterocycles. The van der Waals surface area contributed by atoms with Crippen LogP contribution in [0.1, 0.15) is 25.0 Å². The van der Waals surface area contributed by atoms with Gasteiger partial charge in [-0.3, -0.25) is 4.84 Å². The van der Waals surface area contributed by atoms with Gasteiger partial charge in [-0.2, -0.15) is 5.10 Å². The molecule has 0 saturated carbocycles. The van der Waals surface area contributed by atoms with Gasteiger partial charge in [0, 0.05) is 18.7 Å². The summed E-state index contributed by atoms with van der Waals surface area (Å²) in [5.41, 5.74) is 6.00. The van der Waals surface area contributed by atoms with Crippen LogP contribution in [0.5, 0.6) is 0 Å². The largest absolute Gasteiger partial charge is 0.353 e. The van der Waals surface area contributed by atoms with E-state index in [1.165, 1.54) is 11.1 Å². The third kappa shape index (κ3) is 3.12. The summed E-state index contributed by atoms with van der Waals surface area (Å²) in [6.45, 7) is 7.17. The van der Waals surface area contributed by atoms with Crippen LogP contribution < -0.4 is 5.48 Å². The molecule has 0 atom stereocenters. The summed E-state index contributed by atoms with van der Waals surface area (Å²) in [4.78, 5) is 4.95. The van der Waals surface area contributed by atoms with Crippen molar-refractivity contribution in [2.24, 2.45) is 0 Å². The number of rotatable bonds is 6. The Kier molecular flexibility index (Phi) is 4.19. The Morgan fingerprint density at radius 1 is 1.37 bits per heavy atom. The van der Waals surface area contributed by atoms with Crippen LogP contribution in [0, 0.1) is 6.92 Å². The molecule has 0 spiro atoms. The molecule has 2 rings (SSSR count). The Bertz CT molecular complexity index is 549. The smallest absolute Gasteiger partial charge is 0.166 e. The van der Waals surface area contributed by atoms with Crippen molar-refractivity contribution in [3.8, 4) is 0 Å². The van der Waals surface area contributed by atoms with Crippen molar-refractivity contribution in [1.29, 1.82) is 0 Å². The van der Waals surface area contributed by atoms with Crippen LogP contribution in [-0.2, 0) is 15.0 Å². The molecular formula is C14H21N3O2. The number of ether oxygens (including phenoxy) is 1. The second-order valence-corrected chi connectivity index (χ2v) is 5.27. The first-order valence-electron chi connectivity index (χ1n) is 6.35. The molecular weight excluding hydrogens is 242 g/mol. The van der Waals surface area contributed by atoms with Crippen LogP contribution >= 0.6 is 0 Å². The molecule has 5 nitrogen and oxygen atoms in total. The Hall–Kier alpha value is -1.43. The fourth-order valence-corrected chi connectivity index (χ4v) is 1.99. The zero-order valence-corrected chi connectivity index (χ0v) is 11.9. The highest BCUT2D eigenvalue weighted by Gasteiger charge is 2.21. The van der Waals surface area contributed by atoms with E-state index in [2.05, 4.69) is 49.7 Å². The van der Waals surface area contributed by atoms with E-state index in [0.29, 0.717) is 6.61 Å². The van der Waals surface area contributed by atoms with Crippen molar-refractivity contribution in [3.63, 3.8) is 0 Å². The maximum atomic E-state index is 5.50. The predicted octanol–water partition coefficient (Wildman–Crippen LogP) is 2.05. The van der Waals surface area contributed by atoms with Crippen LogP contribution in [-0.4, -0.2) is 30.1 Å². The normalized spacial score (nSPS) is 12.2. The summed E-state index contributed by atoms with van der Waals surface area (Å²) in [6, 6.07) is 4.23. The third-order valence-electron chi connectivity index (χ3n) is 3.24. The number of pyridine rings is 1. The van der Waals surface area contributed by atoms with E-state index in [9.17, 15) is 0 Å². The van der Waals surface area contributed by atoms with E-state index >= 15 is 0 Å². The molecule has 2 aromatic rings. The molecule has 2 aromatic heterocycles. The third-order valence-corrected chi connectivity index (χ3v) is 3.24. The zero-order valence-electron chi connectivity index (χ0n) is 11.9. The van der Waals surface area contributed by atoms with Gasteiger partial charge in [0.05, 0.1) is 18.3 Å². The Morgan fingerprint density at radius 2 is 2.16 bits per heavy atom. The van der Waals surface area contributed by atoms with Gasteiger partial charge in [0.2, 0.25) is 0 Å². The van der Waals surface area contributed by atoms with Crippen LogP contribution in [0.3, 0.4) is 0 Å². The monoisotopic (exact) mass is 263 g/mol. The molecule has 0 fully saturated rings. The van der Waals surface area contributed by atoms with Crippen molar-refractivity contribution in [1.82, 2.24) is 15.1 Å². The van der Waals surface area contributed by atoms with Gasteiger partial charge >= 0.3 is 0 Å². The van der Waals surface area contributed by atoms with Gasteiger partial charge in [0.25, 0.3) is 0 Å². The highest BCUT2D eigenvalue weighted by atomic mass is 16.7. The number of aryl methyl sites for hydroxylation is 1. The number of nitrogens with zero attached hydrogens (tertiary/aromatic N) is 2. The molecule has 2 heterocycles. The maximum Gasteiger partial charge on any atom is 0.166 e. The molecule has 0 aliphatic rings. The Morgan fingerprint density at radius 3 is 2.89 bits per heavy atom. The Labute approximate surface area is 113 Å². The minimum absolute atomic E-state index is 0.0921. The van der Waals surface area contributed by atoms with Gasteiger partial charge in [0.15, 0.2) is 6.79 Å². The molecule has 0 saturated heterocycles. The summed E-state index contributed by atoms with van der Waals surface area (Å²) in [5, 5.41) is 4.34. The fourth-order valence-electron chi connectivity index (χ4n) is 1.99. The van der Waals surface area contributed by atoms with E-state index in [1.54, 1.807) is 7.05 Å². The maximum absolute atomic E-state index is 5.50. The first-order valence-corrected chi connectivity index (χ1v) is 6.35. The summed E-state index contributed by atoms with van der Waals surface area (Å²) < 4.78 is 7.41. The molecule has 0 amide bonds. The van der Waals surface area contributed by atoms with Crippen LogP contribution in [0.4, 0.5) is 0 Å². The molecule has 0 bridgehead atoms. The van der Waals surface area contributed by atoms with Gasteiger partial charge in [0.1, 0.15) is 0 Å². The predicted molar refractivity (Wildman–Crippen MR) is 73.9 cm³/mol. The summed E-state index contributed by atoms with van der Waals surface area (Å²) in [5.74, 6) is 0. The van der Waals surface area contributed by atoms with Gasteiger partial charge in [-0.05, 0) is 24.1 Å². The highest BCUT2D eigenvalue weighted by Crippen LogP contribution is 2.24. The first-order chi connectivity index (χ1) is 9.04. The van der Waals surface area contributed by atoms with Crippen molar-refractivity contribution >= 4 is 5.52 Å². The highest BCUT2D eigenvalue weighted by molar-refractivity contribution is 5.53. The standard InChI is InChI=1S/C14H21N3O2/c1-11-7-16-17-8-12(5-6-13(11)17)14(2,3)9-18-10-19-15-4/h5-8,15H,9-10H2,1-4H3. The van der Waals surface area contributed by atoms with Crippen molar-refractivity contribution < 1.29 is 9.57 Å². The summed E-state index contributed by atoms with van der Waals surface area (Å²) >= 11 is 0. The average Bonchev–Trinajstić information content (AvgIpc) is 2.76. The number of fused-ring (bicyclic) bond motifs is 1. The minimum Gasteiger partial charge on any atom is -0.353 e. The molecule has 104 valence electrons. The summed E-state index contributed by atoms with van der Waals surface area (Å²) in [6.07, 6.45) is 3.94. The Balaban J connectivity index is 2.12. The molecule has 19 heavy (non-hydrogen) atoms. The molecule has 1 N–H and O–H groups in total. The lowest BCUT2D eigenvalue weighted by Gasteiger charge is -2.24. The lowest BCUT2D eigenvalue weighted by Crippen LogP contribution is -2.26. The minimum atomic E-state index is -0.0921. The second kappa shape index (κ2) is 5.69. The lowest BCUT2D eigenvalue weighted by molar-refractivity contribution is -0.101. The number of aromatic nitrogens is 2. The molecule has 5 heteroatoms. The van der Waals surface area contributed by atoms with E-state index in [-0.39, 0.29) is 12.2 Å². The van der Waals surface area contributed by atoms with Gasteiger partial charge in [-0.1, -0.05) is 19.9 Å². The van der Waals surface area contributed by atoms with Crippen molar-refractivity contribution in [3.05, 3.63) is 35.7 Å². The summed E-state index contributed by atoms with van der Waals surface area (Å²) in [7, 11) is 1.71. The number of hydrogen-bond donors (Lipinski definition) is 1. The number of hydroxylamine groups is 1. The SMILES string of the molecule is CNOCOCC(C)(C)c1ccc2c(C)cnn2c1. The number of nitrogens with one attached hydrogen (secondary N) is 1. The van der Waals surface area contributed by atoms with E-state index < -0.39 is 0 Å². The van der Waals surface area contributed by atoms with Crippen LogP contribution in [0.25, 0.3) is 5.52 Å². The number of hydrogen-bond acceptors (Lipinski definition) is 4. The molecule has 0 aliphatic carbocycles. The van der Waals surface area contributed by atoms with Crippen LogP contribution in [0.15, 0.2) is 24.5 Å². The fraction of sp³-hybridized carbons (Fsp3) is 0.500. The van der Waals surface area contributed by atoms with Gasteiger partial charge in [-0.15, -0.1) is 0 Å². The zero-order chi connectivity index (χ0) is 13.9. The topological polar surface area (TPSA) is 47.8 Å². The van der Waals surface area contributed by atoms with Gasteiger partial charge in [-0.25, -0.2) is 10.00 Å². The quantitative estimate of drug-likeness (QED) is 0.492. The molecule has 0 radical (unpaired) electrons. The average molecular weight is 263 g/mol. The van der Waals surface area contributed by atoms with E-state index in [0.717, 1.165) is 5.52 Å². The molecule has 0 aromatic carbocycles.